The van der Waals surface area contributed by atoms with E-state index in [-0.39, 0.29) is 28.8 Å². The number of hydrogen-bond acceptors (Lipinski definition) is 7. The molecule has 3 aromatic rings. The van der Waals surface area contributed by atoms with Crippen molar-refractivity contribution in [1.29, 1.82) is 0 Å². The number of halogens is 1. The van der Waals surface area contributed by atoms with E-state index in [1.807, 2.05) is 13.0 Å². The Bertz CT molecular complexity index is 1500. The van der Waals surface area contributed by atoms with Crippen molar-refractivity contribution in [2.75, 3.05) is 38.7 Å². The zero-order valence-electron chi connectivity index (χ0n) is 25.0. The third-order valence-electron chi connectivity index (χ3n) is 6.76. The Morgan fingerprint density at radius 3 is 2.21 bits per heavy atom. The average Bonchev–Trinajstić information content (AvgIpc) is 3.02. The fourth-order valence-corrected chi connectivity index (χ4v) is 6.05. The maximum absolute atomic E-state index is 14.2. The van der Waals surface area contributed by atoms with E-state index < -0.39 is 28.5 Å². The van der Waals surface area contributed by atoms with Crippen molar-refractivity contribution in [1.82, 2.24) is 10.2 Å². The Balaban J connectivity index is 2.09. The van der Waals surface area contributed by atoms with Crippen LogP contribution in [0.15, 0.2) is 71.6 Å². The Hall–Kier alpha value is -3.96. The van der Waals surface area contributed by atoms with Crippen molar-refractivity contribution in [2.24, 2.45) is 0 Å². The van der Waals surface area contributed by atoms with Crippen molar-refractivity contribution in [3.63, 3.8) is 0 Å². The molecular formula is C31H38ClN3O7S. The van der Waals surface area contributed by atoms with Crippen molar-refractivity contribution >= 4 is 39.1 Å². The number of carbonyl (C=O) groups excluding carboxylic acids is 2. The third-order valence-corrected chi connectivity index (χ3v) is 8.78. The summed E-state index contributed by atoms with van der Waals surface area (Å²) in [5, 5.41) is 3.27. The summed E-state index contributed by atoms with van der Waals surface area (Å²) in [6.45, 7) is 3.66. The molecular weight excluding hydrogens is 594 g/mol. The number of methoxy groups -OCH3 is 3. The van der Waals surface area contributed by atoms with Crippen LogP contribution in [0.4, 0.5) is 5.69 Å². The molecule has 2 amide bonds. The van der Waals surface area contributed by atoms with Crippen LogP contribution >= 0.6 is 11.6 Å². The van der Waals surface area contributed by atoms with E-state index in [1.165, 1.54) is 56.6 Å². The van der Waals surface area contributed by atoms with Crippen LogP contribution < -0.4 is 23.8 Å². The summed E-state index contributed by atoms with van der Waals surface area (Å²) in [5.74, 6) is 0.266. The number of nitrogens with zero attached hydrogens (tertiary/aromatic N) is 2. The number of benzene rings is 3. The minimum Gasteiger partial charge on any atom is -0.497 e. The average molecular weight is 632 g/mol. The first-order chi connectivity index (χ1) is 20.6. The molecule has 0 aliphatic rings. The predicted octanol–water partition coefficient (Wildman–Crippen LogP) is 4.89. The summed E-state index contributed by atoms with van der Waals surface area (Å²) >= 11 is 6.10. The van der Waals surface area contributed by atoms with Gasteiger partial charge in [-0.2, -0.15) is 0 Å². The number of amides is 2. The molecule has 0 saturated carbocycles. The summed E-state index contributed by atoms with van der Waals surface area (Å²) in [5.41, 5.74) is 0.938. The summed E-state index contributed by atoms with van der Waals surface area (Å²) < 4.78 is 45.2. The normalized spacial score (nSPS) is 11.8. The molecule has 10 nitrogen and oxygen atoms in total. The molecule has 3 aromatic carbocycles. The van der Waals surface area contributed by atoms with Gasteiger partial charge >= 0.3 is 0 Å². The molecule has 0 aliphatic carbocycles. The Morgan fingerprint density at radius 2 is 1.60 bits per heavy atom. The Labute approximate surface area is 258 Å². The van der Waals surface area contributed by atoms with Crippen molar-refractivity contribution < 1.29 is 32.2 Å². The summed E-state index contributed by atoms with van der Waals surface area (Å²) in [7, 11) is 0.0722. The largest absolute Gasteiger partial charge is 0.497 e. The van der Waals surface area contributed by atoms with E-state index in [1.54, 1.807) is 37.3 Å². The van der Waals surface area contributed by atoms with Crippen LogP contribution in [-0.4, -0.2) is 65.6 Å². The summed E-state index contributed by atoms with van der Waals surface area (Å²) in [4.78, 5) is 28.7. The Kier molecular flexibility index (Phi) is 12.1. The molecule has 43 heavy (non-hydrogen) atoms. The first-order valence-corrected chi connectivity index (χ1v) is 15.6. The molecule has 12 heteroatoms. The standard InChI is InChI=1S/C31H38ClN3O7S/c1-6-17-33-31(37)27(7-2)34(20-22-9-8-10-25(18-22)40-3)30(36)21-35(24-13-11-23(32)12-14-24)43(38,39)26-15-16-28(41-4)29(19-26)42-5/h8-16,18-19,27H,6-7,17,20-21H2,1-5H3,(H,33,37)/t27-/m0/s1. The first-order valence-electron chi connectivity index (χ1n) is 13.8. The van der Waals surface area contributed by atoms with Gasteiger partial charge in [0.1, 0.15) is 18.3 Å². The van der Waals surface area contributed by atoms with Gasteiger partial charge in [0.05, 0.1) is 31.9 Å². The molecule has 3 rings (SSSR count). The number of nitrogens with one attached hydrogen (secondary N) is 1. The molecule has 0 saturated heterocycles. The highest BCUT2D eigenvalue weighted by molar-refractivity contribution is 7.92. The highest BCUT2D eigenvalue weighted by Gasteiger charge is 2.34. The van der Waals surface area contributed by atoms with Gasteiger partial charge in [-0.25, -0.2) is 8.42 Å². The van der Waals surface area contributed by atoms with Crippen LogP contribution in [0.3, 0.4) is 0 Å². The molecule has 1 atom stereocenters. The van der Waals surface area contributed by atoms with Gasteiger partial charge in [0.25, 0.3) is 10.0 Å². The molecule has 0 unspecified atom stereocenters. The molecule has 1 N–H and O–H groups in total. The van der Waals surface area contributed by atoms with Crippen molar-refractivity contribution in [3.8, 4) is 17.2 Å². The zero-order chi connectivity index (χ0) is 31.6. The number of ether oxygens (including phenoxy) is 3. The lowest BCUT2D eigenvalue weighted by Gasteiger charge is -2.33. The minimum absolute atomic E-state index is 0.0545. The van der Waals surface area contributed by atoms with E-state index in [0.717, 1.165) is 16.3 Å². The number of hydrogen-bond donors (Lipinski definition) is 1. The maximum Gasteiger partial charge on any atom is 0.264 e. The van der Waals surface area contributed by atoms with Gasteiger partial charge in [-0.15, -0.1) is 0 Å². The Morgan fingerprint density at radius 1 is 0.907 bits per heavy atom. The zero-order valence-corrected chi connectivity index (χ0v) is 26.6. The topological polar surface area (TPSA) is 114 Å². The quantitative estimate of drug-likeness (QED) is 0.254. The number of rotatable bonds is 15. The van der Waals surface area contributed by atoms with Crippen LogP contribution in [0.5, 0.6) is 17.2 Å². The number of sulfonamides is 1. The van der Waals surface area contributed by atoms with Gasteiger partial charge in [0.2, 0.25) is 11.8 Å². The highest BCUT2D eigenvalue weighted by atomic mass is 35.5. The molecule has 0 aromatic heterocycles. The maximum atomic E-state index is 14.2. The van der Waals surface area contributed by atoms with E-state index in [4.69, 9.17) is 25.8 Å². The van der Waals surface area contributed by atoms with Crippen LogP contribution in [0.25, 0.3) is 0 Å². The van der Waals surface area contributed by atoms with Crippen LogP contribution in [0, 0.1) is 0 Å². The van der Waals surface area contributed by atoms with Crippen LogP contribution in [0.2, 0.25) is 5.02 Å². The molecule has 0 radical (unpaired) electrons. The van der Waals surface area contributed by atoms with Crippen LogP contribution in [-0.2, 0) is 26.2 Å². The fraction of sp³-hybridized carbons (Fsp3) is 0.355. The van der Waals surface area contributed by atoms with E-state index in [0.29, 0.717) is 29.5 Å². The van der Waals surface area contributed by atoms with Gasteiger partial charge in [-0.3, -0.25) is 13.9 Å². The van der Waals surface area contributed by atoms with Gasteiger partial charge in [0, 0.05) is 24.2 Å². The molecule has 0 fully saturated rings. The first kappa shape index (κ1) is 33.5. The van der Waals surface area contributed by atoms with E-state index >= 15 is 0 Å². The fourth-order valence-electron chi connectivity index (χ4n) is 4.49. The van der Waals surface area contributed by atoms with Crippen molar-refractivity contribution in [2.45, 2.75) is 44.2 Å². The second kappa shape index (κ2) is 15.5. The predicted molar refractivity (Wildman–Crippen MR) is 166 cm³/mol. The van der Waals surface area contributed by atoms with Gasteiger partial charge in [0.15, 0.2) is 11.5 Å². The van der Waals surface area contributed by atoms with E-state index in [2.05, 4.69) is 5.32 Å². The summed E-state index contributed by atoms with van der Waals surface area (Å²) in [6.07, 6.45) is 1.04. The third kappa shape index (κ3) is 8.32. The molecule has 0 spiro atoms. The highest BCUT2D eigenvalue weighted by Crippen LogP contribution is 2.33. The van der Waals surface area contributed by atoms with Crippen LogP contribution in [0.1, 0.15) is 32.3 Å². The second-order valence-electron chi connectivity index (χ2n) is 9.59. The lowest BCUT2D eigenvalue weighted by atomic mass is 10.1. The molecule has 0 heterocycles. The van der Waals surface area contributed by atoms with Crippen molar-refractivity contribution in [3.05, 3.63) is 77.3 Å². The van der Waals surface area contributed by atoms with Gasteiger partial charge in [-0.05, 0) is 66.9 Å². The molecule has 0 aliphatic heterocycles. The van der Waals surface area contributed by atoms with Gasteiger partial charge in [-0.1, -0.05) is 37.6 Å². The lowest BCUT2D eigenvalue weighted by Crippen LogP contribution is -2.52. The number of anilines is 1. The van der Waals surface area contributed by atoms with E-state index in [9.17, 15) is 18.0 Å². The number of carbonyl (C=O) groups is 2. The monoisotopic (exact) mass is 631 g/mol. The summed E-state index contributed by atoms with van der Waals surface area (Å²) in [6, 6.07) is 16.6. The minimum atomic E-state index is -4.32. The molecule has 0 bridgehead atoms. The SMILES string of the molecule is CCCNC(=O)[C@H](CC)N(Cc1cccc(OC)c1)C(=O)CN(c1ccc(Cl)cc1)S(=O)(=O)c1ccc(OC)c(OC)c1. The smallest absolute Gasteiger partial charge is 0.264 e. The second-order valence-corrected chi connectivity index (χ2v) is 11.9. The molecule has 232 valence electrons. The lowest BCUT2D eigenvalue weighted by molar-refractivity contribution is -0.140. The van der Waals surface area contributed by atoms with Gasteiger partial charge < -0.3 is 24.4 Å².